The molecule has 5 heteroatoms. The maximum Gasteiger partial charge on any atom is 0.261 e. The van der Waals surface area contributed by atoms with Gasteiger partial charge in [0.25, 0.3) is 5.91 Å². The first kappa shape index (κ1) is 16.2. The fraction of sp³-hybridized carbons (Fsp3) is 0.500. The second-order valence-corrected chi connectivity index (χ2v) is 7.34. The number of carbonyl (C=O) groups is 1. The summed E-state index contributed by atoms with van der Waals surface area (Å²) < 4.78 is 0. The second kappa shape index (κ2) is 7.71. The van der Waals surface area contributed by atoms with Crippen molar-refractivity contribution in [3.63, 3.8) is 0 Å². The molecule has 0 unspecified atom stereocenters. The van der Waals surface area contributed by atoms with Crippen LogP contribution in [0.15, 0.2) is 11.4 Å². The lowest BCUT2D eigenvalue weighted by Crippen LogP contribution is -2.23. The van der Waals surface area contributed by atoms with Crippen LogP contribution in [0.4, 0.5) is 0 Å². The zero-order valence-electron chi connectivity index (χ0n) is 12.9. The fourth-order valence-electron chi connectivity index (χ4n) is 2.19. The third kappa shape index (κ3) is 4.64. The van der Waals surface area contributed by atoms with Gasteiger partial charge in [0.05, 0.1) is 9.88 Å². The molecule has 1 amide bonds. The topological polar surface area (TPSA) is 42.0 Å². The molecule has 0 atom stereocenters. The number of nitrogens with one attached hydrogen (secondary N) is 1. The summed E-state index contributed by atoms with van der Waals surface area (Å²) in [4.78, 5) is 18.6. The van der Waals surface area contributed by atoms with Crippen LogP contribution >= 0.6 is 22.7 Å². The van der Waals surface area contributed by atoms with Crippen LogP contribution in [0.5, 0.6) is 0 Å². The molecule has 0 bridgehead atoms. The molecule has 21 heavy (non-hydrogen) atoms. The van der Waals surface area contributed by atoms with Gasteiger partial charge >= 0.3 is 0 Å². The number of rotatable bonds is 7. The molecule has 114 valence electrons. The van der Waals surface area contributed by atoms with Crippen molar-refractivity contribution in [1.82, 2.24) is 10.3 Å². The number of hydrogen-bond donors (Lipinski definition) is 1. The van der Waals surface area contributed by atoms with Crippen LogP contribution < -0.4 is 5.32 Å². The van der Waals surface area contributed by atoms with Crippen LogP contribution in [-0.4, -0.2) is 17.4 Å². The molecular weight excluding hydrogens is 300 g/mol. The Morgan fingerprint density at radius 2 is 2.14 bits per heavy atom. The number of carbonyl (C=O) groups excluding carboxylic acids is 1. The predicted molar refractivity (Wildman–Crippen MR) is 90.6 cm³/mol. The molecule has 0 saturated heterocycles. The maximum absolute atomic E-state index is 12.1. The molecule has 0 radical (unpaired) electrons. The molecule has 0 aromatic carbocycles. The molecule has 2 rings (SSSR count). The van der Waals surface area contributed by atoms with Crippen molar-refractivity contribution >= 4 is 28.6 Å². The van der Waals surface area contributed by atoms with Crippen LogP contribution in [0, 0.1) is 13.8 Å². The summed E-state index contributed by atoms with van der Waals surface area (Å²) in [5.74, 6) is 0.0629. The normalized spacial score (nSPS) is 10.8. The molecule has 2 aromatic rings. The summed E-state index contributed by atoms with van der Waals surface area (Å²) >= 11 is 3.31. The summed E-state index contributed by atoms with van der Waals surface area (Å²) in [7, 11) is 0. The van der Waals surface area contributed by atoms with E-state index in [0.29, 0.717) is 0 Å². The van der Waals surface area contributed by atoms with E-state index in [-0.39, 0.29) is 5.91 Å². The van der Waals surface area contributed by atoms with E-state index in [9.17, 15) is 4.79 Å². The lowest BCUT2D eigenvalue weighted by molar-refractivity contribution is 0.0957. The number of thiophene rings is 1. The highest BCUT2D eigenvalue weighted by Crippen LogP contribution is 2.21. The molecular formula is C16H22N2OS2. The molecule has 3 nitrogen and oxygen atoms in total. The Morgan fingerprint density at radius 1 is 1.33 bits per heavy atom. The van der Waals surface area contributed by atoms with E-state index in [1.807, 2.05) is 13.0 Å². The van der Waals surface area contributed by atoms with E-state index in [1.54, 1.807) is 22.7 Å². The van der Waals surface area contributed by atoms with Gasteiger partial charge in [-0.2, -0.15) is 0 Å². The lowest BCUT2D eigenvalue weighted by Gasteiger charge is -2.02. The van der Waals surface area contributed by atoms with E-state index >= 15 is 0 Å². The quantitative estimate of drug-likeness (QED) is 0.779. The minimum absolute atomic E-state index is 0.0629. The van der Waals surface area contributed by atoms with Gasteiger partial charge in [-0.1, -0.05) is 6.92 Å². The molecule has 0 aliphatic rings. The van der Waals surface area contributed by atoms with Gasteiger partial charge in [0.2, 0.25) is 0 Å². The number of amides is 1. The fourth-order valence-corrected chi connectivity index (χ4v) is 4.04. The number of hydrogen-bond acceptors (Lipinski definition) is 4. The number of nitrogens with zero attached hydrogens (tertiary/aromatic N) is 1. The molecule has 0 saturated carbocycles. The average Bonchev–Trinajstić information content (AvgIpc) is 3.04. The van der Waals surface area contributed by atoms with Gasteiger partial charge in [0, 0.05) is 22.5 Å². The number of aryl methyl sites for hydroxylation is 4. The zero-order chi connectivity index (χ0) is 15.2. The van der Waals surface area contributed by atoms with Gasteiger partial charge in [-0.3, -0.25) is 4.79 Å². The first-order valence-electron chi connectivity index (χ1n) is 7.38. The highest BCUT2D eigenvalue weighted by Gasteiger charge is 2.10. The third-order valence-electron chi connectivity index (χ3n) is 3.39. The molecule has 0 spiro atoms. The van der Waals surface area contributed by atoms with E-state index in [1.165, 1.54) is 15.4 Å². The van der Waals surface area contributed by atoms with Crippen LogP contribution in [0.1, 0.15) is 50.6 Å². The highest BCUT2D eigenvalue weighted by molar-refractivity contribution is 7.14. The monoisotopic (exact) mass is 322 g/mol. The van der Waals surface area contributed by atoms with Crippen molar-refractivity contribution in [3.8, 4) is 0 Å². The van der Waals surface area contributed by atoms with Crippen molar-refractivity contribution in [2.75, 3.05) is 6.54 Å². The summed E-state index contributed by atoms with van der Waals surface area (Å²) in [5, 5.41) is 6.29. The maximum atomic E-state index is 12.1. The molecule has 0 fully saturated rings. The van der Waals surface area contributed by atoms with Crippen molar-refractivity contribution in [2.24, 2.45) is 0 Å². The smallest absolute Gasteiger partial charge is 0.261 e. The minimum Gasteiger partial charge on any atom is -0.351 e. The Bertz CT molecular complexity index is 601. The summed E-state index contributed by atoms with van der Waals surface area (Å²) in [5.41, 5.74) is 2.38. The average molecular weight is 322 g/mol. The Labute approximate surface area is 134 Å². The Kier molecular flexibility index (Phi) is 5.94. The summed E-state index contributed by atoms with van der Waals surface area (Å²) in [6.45, 7) is 6.96. The van der Waals surface area contributed by atoms with Gasteiger partial charge in [0.1, 0.15) is 0 Å². The second-order valence-electron chi connectivity index (χ2n) is 5.14. The number of thiazole rings is 1. The van der Waals surface area contributed by atoms with E-state index < -0.39 is 0 Å². The Hall–Kier alpha value is -1.20. The highest BCUT2D eigenvalue weighted by atomic mass is 32.1. The van der Waals surface area contributed by atoms with Crippen LogP contribution in [0.2, 0.25) is 0 Å². The van der Waals surface area contributed by atoms with Crippen molar-refractivity contribution in [3.05, 3.63) is 37.5 Å². The van der Waals surface area contributed by atoms with Crippen LogP contribution in [0.3, 0.4) is 0 Å². The van der Waals surface area contributed by atoms with Crippen molar-refractivity contribution in [2.45, 2.75) is 46.5 Å². The first-order chi connectivity index (χ1) is 10.1. The van der Waals surface area contributed by atoms with Crippen molar-refractivity contribution < 1.29 is 4.79 Å². The molecule has 2 heterocycles. The van der Waals surface area contributed by atoms with E-state index in [4.69, 9.17) is 0 Å². The third-order valence-corrected chi connectivity index (χ3v) is 5.51. The van der Waals surface area contributed by atoms with Gasteiger partial charge in [-0.05, 0) is 51.2 Å². The number of aromatic nitrogens is 1. The zero-order valence-corrected chi connectivity index (χ0v) is 14.5. The number of unbranched alkanes of at least 4 members (excludes halogenated alkanes) is 1. The van der Waals surface area contributed by atoms with Crippen molar-refractivity contribution in [1.29, 1.82) is 0 Å². The van der Waals surface area contributed by atoms with Gasteiger partial charge in [-0.15, -0.1) is 22.7 Å². The molecule has 1 N–H and O–H groups in total. The standard InChI is InChI=1S/C16H22N2OS2/c1-4-13-9-14(21-12(13)3)16(19)17-8-6-5-7-15-18-11(2)10-20-15/h9-10H,4-8H2,1-3H3,(H,17,19). The largest absolute Gasteiger partial charge is 0.351 e. The lowest BCUT2D eigenvalue weighted by atomic mass is 10.2. The van der Waals surface area contributed by atoms with Gasteiger partial charge in [0.15, 0.2) is 0 Å². The SMILES string of the molecule is CCc1cc(C(=O)NCCCCc2nc(C)cs2)sc1C. The predicted octanol–water partition coefficient (Wildman–Crippen LogP) is 4.14. The molecule has 0 aliphatic carbocycles. The summed E-state index contributed by atoms with van der Waals surface area (Å²) in [6.07, 6.45) is 4.06. The van der Waals surface area contributed by atoms with Crippen LogP contribution in [-0.2, 0) is 12.8 Å². The first-order valence-corrected chi connectivity index (χ1v) is 9.08. The Balaban J connectivity index is 1.69. The minimum atomic E-state index is 0.0629. The van der Waals surface area contributed by atoms with E-state index in [0.717, 1.165) is 42.8 Å². The van der Waals surface area contributed by atoms with Crippen LogP contribution in [0.25, 0.3) is 0 Å². The van der Waals surface area contributed by atoms with Gasteiger partial charge in [-0.25, -0.2) is 4.98 Å². The Morgan fingerprint density at radius 3 is 2.76 bits per heavy atom. The molecule has 0 aliphatic heterocycles. The van der Waals surface area contributed by atoms with Gasteiger partial charge < -0.3 is 5.32 Å². The molecule has 2 aromatic heterocycles. The van der Waals surface area contributed by atoms with E-state index in [2.05, 4.69) is 29.5 Å². The summed E-state index contributed by atoms with van der Waals surface area (Å²) in [6, 6.07) is 2.02.